The average molecular weight is 278 g/mol. The molecule has 0 radical (unpaired) electrons. The highest BCUT2D eigenvalue weighted by Gasteiger charge is 2.07. The van der Waals surface area contributed by atoms with E-state index < -0.39 is 0 Å². The fourth-order valence-electron chi connectivity index (χ4n) is 2.03. The van der Waals surface area contributed by atoms with E-state index in [1.165, 1.54) is 6.07 Å². The third-order valence-electron chi connectivity index (χ3n) is 3.08. The number of para-hydroxylation sites is 1. The number of nitrogens with zero attached hydrogens (tertiary/aromatic N) is 1. The van der Waals surface area contributed by atoms with Crippen molar-refractivity contribution >= 4 is 0 Å². The van der Waals surface area contributed by atoms with Crippen molar-refractivity contribution in [1.29, 1.82) is 0 Å². The minimum Gasteiger partial charge on any atom is -0.488 e. The maximum absolute atomic E-state index is 11.1. The Morgan fingerprint density at radius 2 is 1.67 bits per heavy atom. The van der Waals surface area contributed by atoms with Gasteiger partial charge in [-0.25, -0.2) is 5.10 Å². The fraction of sp³-hybridized carbons (Fsp3) is 0.0588. The smallest absolute Gasteiger partial charge is 0.264 e. The van der Waals surface area contributed by atoms with Gasteiger partial charge in [0, 0.05) is 11.6 Å². The summed E-state index contributed by atoms with van der Waals surface area (Å²) in [5.74, 6) is 0.737. The molecule has 0 spiro atoms. The molecule has 0 fully saturated rings. The second kappa shape index (κ2) is 6.05. The van der Waals surface area contributed by atoms with Gasteiger partial charge in [-0.3, -0.25) is 4.79 Å². The summed E-state index contributed by atoms with van der Waals surface area (Å²) in [4.78, 5) is 11.1. The topological polar surface area (TPSA) is 55.0 Å². The van der Waals surface area contributed by atoms with E-state index in [-0.39, 0.29) is 5.56 Å². The van der Waals surface area contributed by atoms with Crippen molar-refractivity contribution in [1.82, 2.24) is 10.2 Å². The van der Waals surface area contributed by atoms with Crippen LogP contribution in [0.5, 0.6) is 5.75 Å². The van der Waals surface area contributed by atoms with Gasteiger partial charge in [0.05, 0.1) is 5.69 Å². The number of hydrogen-bond donors (Lipinski definition) is 1. The summed E-state index contributed by atoms with van der Waals surface area (Å²) in [6.45, 7) is 0.487. The molecule has 0 amide bonds. The molecule has 0 saturated carbocycles. The molecule has 104 valence electrons. The van der Waals surface area contributed by atoms with Crippen molar-refractivity contribution < 1.29 is 4.74 Å². The summed E-state index contributed by atoms with van der Waals surface area (Å²) in [5.41, 5.74) is 2.41. The van der Waals surface area contributed by atoms with E-state index in [2.05, 4.69) is 10.2 Å². The second-order valence-corrected chi connectivity index (χ2v) is 4.58. The summed E-state index contributed by atoms with van der Waals surface area (Å²) >= 11 is 0. The van der Waals surface area contributed by atoms with Crippen molar-refractivity contribution in [2.45, 2.75) is 6.61 Å². The Bertz CT molecular complexity index is 762. The van der Waals surface area contributed by atoms with E-state index in [0.29, 0.717) is 12.3 Å². The molecule has 21 heavy (non-hydrogen) atoms. The normalized spacial score (nSPS) is 10.3. The predicted molar refractivity (Wildman–Crippen MR) is 81.1 cm³/mol. The Morgan fingerprint density at radius 1 is 0.905 bits per heavy atom. The van der Waals surface area contributed by atoms with Gasteiger partial charge in [-0.2, -0.15) is 5.10 Å². The zero-order valence-corrected chi connectivity index (χ0v) is 11.3. The van der Waals surface area contributed by atoms with E-state index in [0.717, 1.165) is 16.9 Å². The second-order valence-electron chi connectivity index (χ2n) is 4.58. The first-order valence-corrected chi connectivity index (χ1v) is 6.65. The Labute approximate surface area is 122 Å². The van der Waals surface area contributed by atoms with Gasteiger partial charge in [-0.15, -0.1) is 0 Å². The third-order valence-corrected chi connectivity index (χ3v) is 3.08. The molecular formula is C17H14N2O2. The van der Waals surface area contributed by atoms with Gasteiger partial charge in [0.1, 0.15) is 12.4 Å². The molecule has 1 aromatic heterocycles. The Hall–Kier alpha value is -2.88. The van der Waals surface area contributed by atoms with Crippen molar-refractivity contribution in [2.24, 2.45) is 0 Å². The van der Waals surface area contributed by atoms with Crippen molar-refractivity contribution in [3.63, 3.8) is 0 Å². The van der Waals surface area contributed by atoms with Crippen LogP contribution >= 0.6 is 0 Å². The number of aromatic nitrogens is 2. The molecule has 3 aromatic rings. The Morgan fingerprint density at radius 3 is 2.43 bits per heavy atom. The molecule has 0 aliphatic rings. The van der Waals surface area contributed by atoms with Crippen LogP contribution in [0.1, 0.15) is 5.56 Å². The first-order chi connectivity index (χ1) is 10.3. The maximum Gasteiger partial charge on any atom is 0.264 e. The maximum atomic E-state index is 11.1. The Balaban J connectivity index is 1.86. The molecule has 0 bridgehead atoms. The van der Waals surface area contributed by atoms with Gasteiger partial charge in [0.15, 0.2) is 0 Å². The standard InChI is InChI=1S/C17H14N2O2/c20-17-11-10-15(18-19-17)14-8-4-5-9-16(14)21-12-13-6-2-1-3-7-13/h1-11H,12H2,(H,19,20). The van der Waals surface area contributed by atoms with Gasteiger partial charge in [0.25, 0.3) is 5.56 Å². The van der Waals surface area contributed by atoms with Gasteiger partial charge >= 0.3 is 0 Å². The number of benzene rings is 2. The number of ether oxygens (including phenoxy) is 1. The number of hydrogen-bond acceptors (Lipinski definition) is 3. The first kappa shape index (κ1) is 13.1. The quantitative estimate of drug-likeness (QED) is 0.798. The minimum absolute atomic E-state index is 0.221. The van der Waals surface area contributed by atoms with E-state index in [4.69, 9.17) is 4.74 Å². The zero-order valence-electron chi connectivity index (χ0n) is 11.3. The lowest BCUT2D eigenvalue weighted by atomic mass is 10.1. The summed E-state index contributed by atoms with van der Waals surface area (Å²) in [7, 11) is 0. The van der Waals surface area contributed by atoms with Gasteiger partial charge < -0.3 is 4.74 Å². The number of nitrogens with one attached hydrogen (secondary N) is 1. The molecule has 1 N–H and O–H groups in total. The van der Waals surface area contributed by atoms with Crippen LogP contribution in [-0.2, 0) is 6.61 Å². The number of rotatable bonds is 4. The molecule has 0 atom stereocenters. The summed E-state index contributed by atoms with van der Waals surface area (Å²) in [5, 5.41) is 6.48. The third kappa shape index (κ3) is 3.17. The molecule has 4 nitrogen and oxygen atoms in total. The van der Waals surface area contributed by atoms with E-state index >= 15 is 0 Å². The van der Waals surface area contributed by atoms with Crippen LogP contribution in [0.2, 0.25) is 0 Å². The lowest BCUT2D eigenvalue weighted by molar-refractivity contribution is 0.307. The molecule has 0 aliphatic carbocycles. The SMILES string of the molecule is O=c1ccc(-c2ccccc2OCc2ccccc2)n[nH]1. The van der Waals surface area contributed by atoms with Crippen LogP contribution in [0.3, 0.4) is 0 Å². The average Bonchev–Trinajstić information content (AvgIpc) is 2.55. The first-order valence-electron chi connectivity index (χ1n) is 6.65. The molecule has 0 saturated heterocycles. The molecule has 3 rings (SSSR count). The molecule has 4 heteroatoms. The summed E-state index contributed by atoms with van der Waals surface area (Å²) in [6.07, 6.45) is 0. The molecule has 2 aromatic carbocycles. The van der Waals surface area contributed by atoms with E-state index in [9.17, 15) is 4.79 Å². The van der Waals surface area contributed by atoms with Crippen molar-refractivity contribution in [3.05, 3.63) is 82.6 Å². The van der Waals surface area contributed by atoms with Crippen LogP contribution in [0.25, 0.3) is 11.3 Å². The highest BCUT2D eigenvalue weighted by atomic mass is 16.5. The largest absolute Gasteiger partial charge is 0.488 e. The molecular weight excluding hydrogens is 264 g/mol. The summed E-state index contributed by atoms with van der Waals surface area (Å²) < 4.78 is 5.88. The van der Waals surface area contributed by atoms with Crippen LogP contribution in [0.4, 0.5) is 0 Å². The van der Waals surface area contributed by atoms with Crippen LogP contribution in [-0.4, -0.2) is 10.2 Å². The van der Waals surface area contributed by atoms with Crippen LogP contribution in [0, 0.1) is 0 Å². The van der Waals surface area contributed by atoms with Crippen LogP contribution in [0.15, 0.2) is 71.5 Å². The molecule has 1 heterocycles. The van der Waals surface area contributed by atoms with Gasteiger partial charge in [-0.1, -0.05) is 42.5 Å². The van der Waals surface area contributed by atoms with Crippen LogP contribution < -0.4 is 10.3 Å². The lowest BCUT2D eigenvalue weighted by Crippen LogP contribution is -2.06. The minimum atomic E-state index is -0.221. The summed E-state index contributed by atoms with van der Waals surface area (Å²) in [6, 6.07) is 20.7. The zero-order chi connectivity index (χ0) is 14.5. The molecule has 0 unspecified atom stereocenters. The predicted octanol–water partition coefficient (Wildman–Crippen LogP) is 3.02. The van der Waals surface area contributed by atoms with Crippen molar-refractivity contribution in [3.8, 4) is 17.0 Å². The van der Waals surface area contributed by atoms with E-state index in [1.807, 2.05) is 54.6 Å². The fourth-order valence-corrected chi connectivity index (χ4v) is 2.03. The lowest BCUT2D eigenvalue weighted by Gasteiger charge is -2.10. The highest BCUT2D eigenvalue weighted by molar-refractivity contribution is 5.66. The molecule has 0 aliphatic heterocycles. The monoisotopic (exact) mass is 278 g/mol. The Kier molecular flexibility index (Phi) is 3.78. The van der Waals surface area contributed by atoms with Gasteiger partial charge in [-0.05, 0) is 23.8 Å². The highest BCUT2D eigenvalue weighted by Crippen LogP contribution is 2.28. The van der Waals surface area contributed by atoms with Crippen molar-refractivity contribution in [2.75, 3.05) is 0 Å². The number of aromatic amines is 1. The van der Waals surface area contributed by atoms with Gasteiger partial charge in [0.2, 0.25) is 0 Å². The number of H-pyrrole nitrogens is 1. The van der Waals surface area contributed by atoms with E-state index in [1.54, 1.807) is 6.07 Å².